The van der Waals surface area contributed by atoms with E-state index in [4.69, 9.17) is 5.73 Å². The van der Waals surface area contributed by atoms with E-state index in [0.717, 1.165) is 25.7 Å². The monoisotopic (exact) mass is 426 g/mol. The molecule has 0 saturated heterocycles. The van der Waals surface area contributed by atoms with Crippen LogP contribution in [0, 0.1) is 23.5 Å². The first-order valence-corrected chi connectivity index (χ1v) is 10.7. The van der Waals surface area contributed by atoms with E-state index < -0.39 is 11.6 Å². The topological polar surface area (TPSA) is 75.0 Å². The van der Waals surface area contributed by atoms with Gasteiger partial charge in [0, 0.05) is 31.3 Å². The lowest BCUT2D eigenvalue weighted by Gasteiger charge is -2.29. The molecule has 7 heteroatoms. The summed E-state index contributed by atoms with van der Waals surface area (Å²) in [5.41, 5.74) is 6.94. The van der Waals surface area contributed by atoms with Gasteiger partial charge < -0.3 is 15.6 Å². The number of nitrogens with one attached hydrogen (secondary N) is 1. The van der Waals surface area contributed by atoms with Gasteiger partial charge >= 0.3 is 0 Å². The standard InChI is InChI=1S/C24H28F2N4O/c1-13-8-10-14(11-9-13)21(27)23-28-18-12-17(25)19(20(26)22(18)29-23)15-6-4-5-7-16(15)24(31)30(2)3/h4-7,12-14,21H,8-11,27H2,1-3H3,(H,28,29)/t13?,14?,21-/m0/s1. The van der Waals surface area contributed by atoms with Gasteiger partial charge in [0.1, 0.15) is 17.2 Å². The number of nitrogens with two attached hydrogens (primary N) is 1. The van der Waals surface area contributed by atoms with Crippen molar-refractivity contribution >= 4 is 16.9 Å². The van der Waals surface area contributed by atoms with Crippen LogP contribution < -0.4 is 5.73 Å². The minimum atomic E-state index is -0.791. The van der Waals surface area contributed by atoms with E-state index in [2.05, 4.69) is 16.9 Å². The van der Waals surface area contributed by atoms with Crippen LogP contribution in [0.4, 0.5) is 8.78 Å². The van der Waals surface area contributed by atoms with Crippen LogP contribution >= 0.6 is 0 Å². The first kappa shape index (κ1) is 21.4. The Kier molecular flexibility index (Phi) is 5.79. The van der Waals surface area contributed by atoms with E-state index in [1.54, 1.807) is 38.4 Å². The number of carbonyl (C=O) groups excluding carboxylic acids is 1. The van der Waals surface area contributed by atoms with Crippen molar-refractivity contribution in [3.8, 4) is 11.1 Å². The number of imidazole rings is 1. The molecule has 1 amide bonds. The van der Waals surface area contributed by atoms with Crippen LogP contribution in [0.3, 0.4) is 0 Å². The summed E-state index contributed by atoms with van der Waals surface area (Å²) >= 11 is 0. The Balaban J connectivity index is 1.77. The van der Waals surface area contributed by atoms with Crippen LogP contribution in [0.25, 0.3) is 22.2 Å². The highest BCUT2D eigenvalue weighted by molar-refractivity contribution is 6.01. The number of amides is 1. The van der Waals surface area contributed by atoms with Gasteiger partial charge in [-0.1, -0.05) is 38.0 Å². The summed E-state index contributed by atoms with van der Waals surface area (Å²) in [6, 6.07) is 7.32. The van der Waals surface area contributed by atoms with Crippen molar-refractivity contribution in [1.29, 1.82) is 0 Å². The van der Waals surface area contributed by atoms with Crippen LogP contribution in [0.2, 0.25) is 0 Å². The Morgan fingerprint density at radius 1 is 1.19 bits per heavy atom. The van der Waals surface area contributed by atoms with Gasteiger partial charge in [0.2, 0.25) is 0 Å². The zero-order valence-corrected chi connectivity index (χ0v) is 18.1. The van der Waals surface area contributed by atoms with Gasteiger partial charge in [0.05, 0.1) is 17.1 Å². The maximum absolute atomic E-state index is 15.5. The molecule has 1 aliphatic rings. The molecule has 0 bridgehead atoms. The van der Waals surface area contributed by atoms with Crippen LogP contribution in [-0.4, -0.2) is 34.9 Å². The molecule has 0 radical (unpaired) electrons. The number of hydrogen-bond donors (Lipinski definition) is 2. The van der Waals surface area contributed by atoms with Crippen LogP contribution in [0.15, 0.2) is 30.3 Å². The van der Waals surface area contributed by atoms with Crippen molar-refractivity contribution < 1.29 is 13.6 Å². The maximum atomic E-state index is 15.5. The molecule has 3 aromatic rings. The second-order valence-electron chi connectivity index (χ2n) is 8.86. The highest BCUT2D eigenvalue weighted by atomic mass is 19.1. The Morgan fingerprint density at radius 3 is 2.55 bits per heavy atom. The number of nitrogens with zero attached hydrogens (tertiary/aromatic N) is 2. The predicted octanol–water partition coefficient (Wildman–Crippen LogP) is 5.04. The molecule has 1 fully saturated rings. The van der Waals surface area contributed by atoms with Crippen molar-refractivity contribution in [2.24, 2.45) is 17.6 Å². The summed E-state index contributed by atoms with van der Waals surface area (Å²) in [5.74, 6) is -0.436. The Labute approximate surface area is 180 Å². The van der Waals surface area contributed by atoms with E-state index >= 15 is 8.78 Å². The lowest BCUT2D eigenvalue weighted by molar-refractivity contribution is 0.0828. The fourth-order valence-electron chi connectivity index (χ4n) is 4.50. The number of benzene rings is 2. The molecule has 5 nitrogen and oxygen atoms in total. The highest BCUT2D eigenvalue weighted by Crippen LogP contribution is 2.37. The molecule has 31 heavy (non-hydrogen) atoms. The number of H-pyrrole nitrogens is 1. The molecule has 0 unspecified atom stereocenters. The number of carbonyl (C=O) groups is 1. The lowest BCUT2D eigenvalue weighted by Crippen LogP contribution is -2.26. The SMILES string of the molecule is CC1CCC([C@H](N)c2nc3c(F)c(-c4ccccc4C(=O)N(C)C)c(F)cc3[nH]2)CC1. The second kappa shape index (κ2) is 8.38. The molecule has 4 rings (SSSR count). The maximum Gasteiger partial charge on any atom is 0.253 e. The number of aromatic nitrogens is 2. The van der Waals surface area contributed by atoms with Crippen molar-refractivity contribution in [1.82, 2.24) is 14.9 Å². The minimum Gasteiger partial charge on any atom is -0.345 e. The van der Waals surface area contributed by atoms with Gasteiger partial charge in [-0.25, -0.2) is 13.8 Å². The van der Waals surface area contributed by atoms with Gasteiger partial charge in [-0.2, -0.15) is 0 Å². The summed E-state index contributed by atoms with van der Waals surface area (Å²) < 4.78 is 30.6. The fraction of sp³-hybridized carbons (Fsp3) is 0.417. The van der Waals surface area contributed by atoms with Gasteiger partial charge in [-0.15, -0.1) is 0 Å². The molecular weight excluding hydrogens is 398 g/mol. The van der Waals surface area contributed by atoms with Crippen LogP contribution in [-0.2, 0) is 0 Å². The van der Waals surface area contributed by atoms with Crippen molar-refractivity contribution in [2.45, 2.75) is 38.6 Å². The van der Waals surface area contributed by atoms with E-state index in [0.29, 0.717) is 11.7 Å². The Bertz CT molecular complexity index is 1120. The third-order valence-corrected chi connectivity index (χ3v) is 6.40. The number of rotatable bonds is 4. The first-order chi connectivity index (χ1) is 14.8. The molecule has 3 N–H and O–H groups in total. The molecule has 2 aromatic carbocycles. The molecule has 164 valence electrons. The average molecular weight is 427 g/mol. The molecular formula is C24H28F2N4O. The van der Waals surface area contributed by atoms with Crippen LogP contribution in [0.5, 0.6) is 0 Å². The quantitative estimate of drug-likeness (QED) is 0.614. The van der Waals surface area contributed by atoms with E-state index in [1.165, 1.54) is 11.0 Å². The smallest absolute Gasteiger partial charge is 0.253 e. The molecule has 1 heterocycles. The summed E-state index contributed by atoms with van der Waals surface area (Å²) in [7, 11) is 3.20. The molecule has 0 spiro atoms. The van der Waals surface area contributed by atoms with Crippen LogP contribution in [0.1, 0.15) is 54.8 Å². The average Bonchev–Trinajstić information content (AvgIpc) is 3.18. The molecule has 1 aliphatic carbocycles. The normalized spacial score (nSPS) is 20.1. The molecule has 1 saturated carbocycles. The lowest BCUT2D eigenvalue weighted by atomic mass is 9.79. The molecule has 0 aliphatic heterocycles. The summed E-state index contributed by atoms with van der Waals surface area (Å²) in [6.07, 6.45) is 4.23. The number of hydrogen-bond acceptors (Lipinski definition) is 3. The Morgan fingerprint density at radius 2 is 1.87 bits per heavy atom. The van der Waals surface area contributed by atoms with Gasteiger partial charge in [0.25, 0.3) is 5.91 Å². The van der Waals surface area contributed by atoms with Gasteiger partial charge in [-0.05, 0) is 30.7 Å². The highest BCUT2D eigenvalue weighted by Gasteiger charge is 2.28. The van der Waals surface area contributed by atoms with E-state index in [-0.39, 0.29) is 45.6 Å². The summed E-state index contributed by atoms with van der Waals surface area (Å²) in [5, 5.41) is 0. The zero-order chi connectivity index (χ0) is 22.3. The van der Waals surface area contributed by atoms with Crippen molar-refractivity contribution in [2.75, 3.05) is 14.1 Å². The molecule has 1 aromatic heterocycles. The molecule has 1 atom stereocenters. The first-order valence-electron chi connectivity index (χ1n) is 10.7. The minimum absolute atomic E-state index is 0.0399. The number of aromatic amines is 1. The summed E-state index contributed by atoms with van der Waals surface area (Å²) in [6.45, 7) is 2.24. The predicted molar refractivity (Wildman–Crippen MR) is 118 cm³/mol. The van der Waals surface area contributed by atoms with Gasteiger partial charge in [-0.3, -0.25) is 4.79 Å². The third-order valence-electron chi connectivity index (χ3n) is 6.40. The number of halogens is 2. The third kappa shape index (κ3) is 3.94. The van der Waals surface area contributed by atoms with Gasteiger partial charge in [0.15, 0.2) is 5.82 Å². The fourth-order valence-corrected chi connectivity index (χ4v) is 4.50. The van der Waals surface area contributed by atoms with E-state index in [1.807, 2.05) is 0 Å². The van der Waals surface area contributed by atoms with E-state index in [9.17, 15) is 4.79 Å². The summed E-state index contributed by atoms with van der Waals surface area (Å²) in [4.78, 5) is 21.4. The second-order valence-corrected chi connectivity index (χ2v) is 8.86. The zero-order valence-electron chi connectivity index (χ0n) is 18.1. The largest absolute Gasteiger partial charge is 0.345 e. The van der Waals surface area contributed by atoms with Crippen molar-refractivity contribution in [3.63, 3.8) is 0 Å². The van der Waals surface area contributed by atoms with Crippen molar-refractivity contribution in [3.05, 3.63) is 53.4 Å². The Hall–Kier alpha value is -2.80. The number of fused-ring (bicyclic) bond motifs is 1.